The lowest BCUT2D eigenvalue weighted by Gasteiger charge is -2.40. The molecule has 0 radical (unpaired) electrons. The smallest absolute Gasteiger partial charge is 0.220 e. The summed E-state index contributed by atoms with van der Waals surface area (Å²) in [7, 11) is 0. The van der Waals surface area contributed by atoms with Gasteiger partial charge in [-0.25, -0.2) is 0 Å². The topological polar surface area (TPSA) is 149 Å². The zero-order valence-corrected chi connectivity index (χ0v) is 40.1. The maximum atomic E-state index is 12.8. The zero-order chi connectivity index (χ0) is 45.1. The normalized spacial score (nSPS) is 20.5. The Labute approximate surface area is 381 Å². The van der Waals surface area contributed by atoms with Crippen LogP contribution in [0.4, 0.5) is 0 Å². The summed E-state index contributed by atoms with van der Waals surface area (Å²) >= 11 is 0. The van der Waals surface area contributed by atoms with Crippen LogP contribution in [0.15, 0.2) is 36.5 Å². The fraction of sp³-hybridized carbons (Fsp3) is 0.868. The van der Waals surface area contributed by atoms with Crippen molar-refractivity contribution in [3.8, 4) is 0 Å². The van der Waals surface area contributed by atoms with Crippen molar-refractivity contribution in [2.75, 3.05) is 13.2 Å². The number of unbranched alkanes of at least 4 members (excludes halogenated alkanes) is 30. The highest BCUT2D eigenvalue weighted by Crippen LogP contribution is 2.23. The average Bonchev–Trinajstić information content (AvgIpc) is 3.27. The fourth-order valence-corrected chi connectivity index (χ4v) is 8.25. The van der Waals surface area contributed by atoms with E-state index >= 15 is 0 Å². The van der Waals surface area contributed by atoms with E-state index in [2.05, 4.69) is 43.5 Å². The number of rotatable bonds is 44. The van der Waals surface area contributed by atoms with Crippen LogP contribution in [-0.4, -0.2) is 87.5 Å². The molecular formula is C53H99NO8. The molecule has 1 rings (SSSR count). The summed E-state index contributed by atoms with van der Waals surface area (Å²) in [5.41, 5.74) is 0. The van der Waals surface area contributed by atoms with Crippen LogP contribution in [0.1, 0.15) is 239 Å². The maximum Gasteiger partial charge on any atom is 0.220 e. The van der Waals surface area contributed by atoms with Gasteiger partial charge in [0, 0.05) is 6.42 Å². The van der Waals surface area contributed by atoms with E-state index in [9.17, 15) is 30.3 Å². The van der Waals surface area contributed by atoms with Gasteiger partial charge < -0.3 is 40.3 Å². The van der Waals surface area contributed by atoms with E-state index in [0.717, 1.165) is 44.9 Å². The Kier molecular flexibility index (Phi) is 40.8. The summed E-state index contributed by atoms with van der Waals surface area (Å²) in [5.74, 6) is -0.198. The van der Waals surface area contributed by atoms with Crippen molar-refractivity contribution < 1.29 is 39.8 Å². The SMILES string of the molecule is CCCCCCCCCCCCCCCCCCCCCCCC/C=C/CC/C=C/CC/C=C/C(O)C(COC1OC(CO)C(O)C(O)C1O)NC(=O)CCCCCCCCC. The van der Waals surface area contributed by atoms with E-state index in [1.807, 2.05) is 6.08 Å². The number of nitrogens with one attached hydrogen (secondary N) is 1. The predicted molar refractivity (Wildman–Crippen MR) is 258 cm³/mol. The van der Waals surface area contributed by atoms with Crippen molar-refractivity contribution in [1.82, 2.24) is 5.32 Å². The van der Waals surface area contributed by atoms with Gasteiger partial charge in [0.25, 0.3) is 0 Å². The minimum Gasteiger partial charge on any atom is -0.394 e. The molecule has 1 aliphatic rings. The van der Waals surface area contributed by atoms with Crippen LogP contribution in [0.25, 0.3) is 0 Å². The minimum atomic E-state index is -1.57. The number of ether oxygens (including phenoxy) is 2. The van der Waals surface area contributed by atoms with Crippen LogP contribution in [-0.2, 0) is 14.3 Å². The van der Waals surface area contributed by atoms with Crippen LogP contribution in [0.5, 0.6) is 0 Å². The van der Waals surface area contributed by atoms with Gasteiger partial charge in [-0.15, -0.1) is 0 Å². The third kappa shape index (κ3) is 33.0. The van der Waals surface area contributed by atoms with Crippen molar-refractivity contribution in [1.29, 1.82) is 0 Å². The fourth-order valence-electron chi connectivity index (χ4n) is 8.25. The highest BCUT2D eigenvalue weighted by Gasteiger charge is 2.44. The van der Waals surface area contributed by atoms with Crippen LogP contribution in [0, 0.1) is 0 Å². The molecule has 0 aromatic rings. The third-order valence-corrected chi connectivity index (χ3v) is 12.4. The van der Waals surface area contributed by atoms with Gasteiger partial charge >= 0.3 is 0 Å². The molecule has 9 heteroatoms. The average molecular weight is 878 g/mol. The molecule has 9 nitrogen and oxygen atoms in total. The van der Waals surface area contributed by atoms with Crippen LogP contribution in [0.2, 0.25) is 0 Å². The molecule has 0 bridgehead atoms. The minimum absolute atomic E-state index is 0.198. The van der Waals surface area contributed by atoms with Crippen LogP contribution < -0.4 is 5.32 Å². The largest absolute Gasteiger partial charge is 0.394 e. The first-order chi connectivity index (χ1) is 30.3. The molecular weight excluding hydrogens is 779 g/mol. The van der Waals surface area contributed by atoms with Gasteiger partial charge in [-0.2, -0.15) is 0 Å². The quantitative estimate of drug-likeness (QED) is 0.0262. The summed E-state index contributed by atoms with van der Waals surface area (Å²) in [6.45, 7) is 3.71. The Morgan fingerprint density at radius 1 is 0.532 bits per heavy atom. The monoisotopic (exact) mass is 878 g/mol. The molecule has 7 unspecified atom stereocenters. The van der Waals surface area contributed by atoms with Gasteiger partial charge in [0.15, 0.2) is 6.29 Å². The van der Waals surface area contributed by atoms with E-state index < -0.39 is 49.5 Å². The number of hydrogen-bond donors (Lipinski definition) is 6. The van der Waals surface area contributed by atoms with Gasteiger partial charge in [-0.3, -0.25) is 4.79 Å². The van der Waals surface area contributed by atoms with Gasteiger partial charge in [-0.05, 0) is 44.9 Å². The first-order valence-electron chi connectivity index (χ1n) is 26.2. The zero-order valence-electron chi connectivity index (χ0n) is 40.1. The summed E-state index contributed by atoms with van der Waals surface area (Å²) in [6.07, 6.45) is 48.3. The van der Waals surface area contributed by atoms with Crippen molar-refractivity contribution in [2.24, 2.45) is 0 Å². The Morgan fingerprint density at radius 3 is 1.35 bits per heavy atom. The molecule has 0 saturated carbocycles. The van der Waals surface area contributed by atoms with Crippen LogP contribution >= 0.6 is 0 Å². The number of carbonyl (C=O) groups excluding carboxylic acids is 1. The standard InChI is InChI=1S/C53H99NO8/c1-3-5-7-9-11-12-13-14-15-16-17-18-19-20-21-22-23-24-25-26-27-28-29-30-31-32-33-34-35-37-38-40-42-47(56)46(54-49(57)43-41-39-36-10-8-6-4-2)45-61-53-52(60)51(59)50(58)48(44-55)62-53/h30-31,34-35,40,42,46-48,50-53,55-56,58-60H,3-29,32-33,36-39,41,43-45H2,1-2H3,(H,54,57)/b31-30+,35-34+,42-40+. The summed E-state index contributed by atoms with van der Waals surface area (Å²) in [4.78, 5) is 12.8. The van der Waals surface area contributed by atoms with Gasteiger partial charge in [0.05, 0.1) is 25.4 Å². The first kappa shape index (κ1) is 58.4. The molecule has 1 fully saturated rings. The Hall–Kier alpha value is -1.59. The maximum absolute atomic E-state index is 12.8. The summed E-state index contributed by atoms with van der Waals surface area (Å²) in [5, 5.41) is 54.0. The highest BCUT2D eigenvalue weighted by atomic mass is 16.7. The van der Waals surface area contributed by atoms with E-state index in [0.29, 0.717) is 6.42 Å². The lowest BCUT2D eigenvalue weighted by molar-refractivity contribution is -0.302. The molecule has 0 aromatic carbocycles. The van der Waals surface area contributed by atoms with E-state index in [-0.39, 0.29) is 12.5 Å². The Bertz CT molecular complexity index is 1070. The number of aliphatic hydroxyl groups excluding tert-OH is 5. The lowest BCUT2D eigenvalue weighted by atomic mass is 9.99. The van der Waals surface area contributed by atoms with Crippen LogP contribution in [0.3, 0.4) is 0 Å². The number of aliphatic hydroxyl groups is 5. The van der Waals surface area contributed by atoms with Crippen molar-refractivity contribution in [3.63, 3.8) is 0 Å². The Morgan fingerprint density at radius 2 is 0.919 bits per heavy atom. The molecule has 7 atom stereocenters. The van der Waals surface area contributed by atoms with Gasteiger partial charge in [0.2, 0.25) is 5.91 Å². The van der Waals surface area contributed by atoms with Crippen molar-refractivity contribution in [2.45, 2.75) is 281 Å². The number of amides is 1. The van der Waals surface area contributed by atoms with Gasteiger partial charge in [-0.1, -0.05) is 224 Å². The second-order valence-electron chi connectivity index (χ2n) is 18.3. The molecule has 1 amide bonds. The molecule has 0 spiro atoms. The summed E-state index contributed by atoms with van der Waals surface area (Å²) in [6, 6.07) is -0.823. The summed E-state index contributed by atoms with van der Waals surface area (Å²) < 4.78 is 11.2. The van der Waals surface area contributed by atoms with Gasteiger partial charge in [0.1, 0.15) is 24.4 Å². The molecule has 1 heterocycles. The Balaban J connectivity index is 2.14. The van der Waals surface area contributed by atoms with Crippen molar-refractivity contribution in [3.05, 3.63) is 36.5 Å². The molecule has 0 aliphatic carbocycles. The molecule has 364 valence electrons. The van der Waals surface area contributed by atoms with E-state index in [1.54, 1.807) is 6.08 Å². The second kappa shape index (κ2) is 43.3. The second-order valence-corrected chi connectivity index (χ2v) is 18.3. The van der Waals surface area contributed by atoms with Crippen molar-refractivity contribution >= 4 is 5.91 Å². The molecule has 1 aliphatic heterocycles. The third-order valence-electron chi connectivity index (χ3n) is 12.4. The number of carbonyl (C=O) groups is 1. The van der Waals surface area contributed by atoms with E-state index in [4.69, 9.17) is 9.47 Å². The number of allylic oxidation sites excluding steroid dienone is 5. The van der Waals surface area contributed by atoms with E-state index in [1.165, 1.54) is 173 Å². The number of hydrogen-bond acceptors (Lipinski definition) is 8. The molecule has 62 heavy (non-hydrogen) atoms. The predicted octanol–water partition coefficient (Wildman–Crippen LogP) is 12.0. The highest BCUT2D eigenvalue weighted by molar-refractivity contribution is 5.76. The molecule has 0 aromatic heterocycles. The first-order valence-corrected chi connectivity index (χ1v) is 26.2. The molecule has 1 saturated heterocycles. The molecule has 6 N–H and O–H groups in total. The lowest BCUT2D eigenvalue weighted by Crippen LogP contribution is -2.60.